The highest BCUT2D eigenvalue weighted by Gasteiger charge is 2.78. The summed E-state index contributed by atoms with van der Waals surface area (Å²) in [5.74, 6) is -12.9. The molecule has 7 aliphatic carbocycles. The Morgan fingerprint density at radius 2 is 1.04 bits per heavy atom. The fourth-order valence-electron chi connectivity index (χ4n) is 21.1. The number of halogens is 1. The van der Waals surface area contributed by atoms with Crippen molar-refractivity contribution >= 4 is 76.9 Å². The molecule has 0 radical (unpaired) electrons. The Kier molecular flexibility index (Phi) is 29.0. The Morgan fingerprint density at radius 1 is 0.591 bits per heavy atom. The molecule has 2 saturated carbocycles. The molecule has 6 aromatic carbocycles. The second-order valence-electron chi connectivity index (χ2n) is 37.9. The van der Waals surface area contributed by atoms with Crippen molar-refractivity contribution in [3.05, 3.63) is 186 Å². The summed E-state index contributed by atoms with van der Waals surface area (Å²) in [4.78, 5) is 148. The lowest BCUT2D eigenvalue weighted by Crippen LogP contribution is -2.81. The molecule has 23 atom stereocenters. The highest BCUT2D eigenvalue weighted by molar-refractivity contribution is 6.32. The number of nitrogens with one attached hydrogen (secondary N) is 1. The van der Waals surface area contributed by atoms with Gasteiger partial charge in [-0.1, -0.05) is 86.6 Å². The van der Waals surface area contributed by atoms with Crippen molar-refractivity contribution < 1.29 is 176 Å². The van der Waals surface area contributed by atoms with E-state index in [9.17, 15) is 124 Å². The molecule has 40 heteroatoms. The minimum atomic E-state index is -2.35. The quantitative estimate of drug-likeness (QED) is 0.0252. The first-order chi connectivity index (χ1) is 63.8. The third-order valence-electron chi connectivity index (χ3n) is 28.2. The van der Waals surface area contributed by atoms with Gasteiger partial charge >= 0.3 is 24.0 Å². The molecule has 19 N–H and O–H groups in total. The number of hydrogen-bond acceptors (Lipinski definition) is 38. The summed E-state index contributed by atoms with van der Waals surface area (Å²) >= 11 is 0. The summed E-state index contributed by atoms with van der Waals surface area (Å²) in [6.45, 7) is 12.9. The van der Waals surface area contributed by atoms with Gasteiger partial charge in [0.1, 0.15) is 94.5 Å². The molecule has 3 aliphatic heterocycles. The lowest BCUT2D eigenvalue weighted by atomic mass is 9.44. The molecule has 1 amide bonds. The number of Topliss-reactive ketones (excluding diaryl/α,β-unsaturated/α-hetero) is 3. The molecule has 3 heterocycles. The van der Waals surface area contributed by atoms with Gasteiger partial charge < -0.3 is 140 Å². The standard InChI is InChI=1S/C43H53NO14.2C27H29NO11.ClH/c1-22-26(55-37(51)32(48)30(24-15-11-9-12-16-24)44-38(52)58-39(3,4)5)20-43(53)35(56-36(50)25-17-13-10-14-18-25)33-41(8,34(49)31(47)29(22)40(43,6)7)27(46)19-28-42(33,21-54-28)57-23(2)45;2*1-10-22(31)13(28)6-17(38-10)39-15-8-27(36,16(30)9-29)7-12-19(15)26(35)21-20(24(12)33)23(32)11-4-3-5-14(37-2)18(11)25(21)34;/h9-18,26-28,30-33,35,46-48,53H,19-21H2,1-8H3,(H,44,52);2*3-5,10,13,15,17,22,29,31,33,35-36H,6-9,28H2,1-2H3;1H/t26-,27-,28+,30-,31+,32+,33-,35-,41+,42-,43+;10?,13?,15-,17?,22?,27-;10-,13-,15-,17-,22+,27-;/m000./s1. The van der Waals surface area contributed by atoms with Crippen LogP contribution in [0.1, 0.15) is 228 Å². The summed E-state index contributed by atoms with van der Waals surface area (Å²) in [7, 11) is 2.64. The number of phenolic OH excluding ortho intramolecular Hbond substituents is 4. The molecule has 4 unspecified atom stereocenters. The number of nitrogens with two attached hydrogens (primary N) is 2. The number of fused-ring (bicyclic) bond motifs is 11. The molecule has 2 bridgehead atoms. The number of esters is 3. The Labute approximate surface area is 790 Å². The number of aliphatic hydroxyl groups is 10. The maximum atomic E-state index is 14.9. The van der Waals surface area contributed by atoms with E-state index >= 15 is 0 Å². The molecule has 0 spiro atoms. The minimum absolute atomic E-state index is 0. The van der Waals surface area contributed by atoms with Crippen LogP contribution < -0.4 is 26.3 Å². The van der Waals surface area contributed by atoms with Gasteiger partial charge in [-0.3, -0.25) is 38.4 Å². The van der Waals surface area contributed by atoms with Crippen molar-refractivity contribution in [2.24, 2.45) is 28.2 Å². The van der Waals surface area contributed by atoms with Gasteiger partial charge in [-0.15, -0.1) is 12.4 Å². The number of hydrogen-bond donors (Lipinski definition) is 17. The third-order valence-corrected chi connectivity index (χ3v) is 28.2. The number of benzene rings is 6. The first-order valence-corrected chi connectivity index (χ1v) is 44.2. The van der Waals surface area contributed by atoms with Crippen molar-refractivity contribution in [1.29, 1.82) is 0 Å². The zero-order chi connectivity index (χ0) is 99.5. The van der Waals surface area contributed by atoms with E-state index in [1.807, 2.05) is 0 Å². The number of methoxy groups -OCH3 is 2. The van der Waals surface area contributed by atoms with Crippen molar-refractivity contribution in [1.82, 2.24) is 5.32 Å². The highest BCUT2D eigenvalue weighted by atomic mass is 35.5. The van der Waals surface area contributed by atoms with Crippen LogP contribution in [0.2, 0.25) is 0 Å². The molecular weight excluding hydrogens is 1820 g/mol. The van der Waals surface area contributed by atoms with Gasteiger partial charge in [0.2, 0.25) is 11.6 Å². The van der Waals surface area contributed by atoms with Crippen LogP contribution in [0.3, 0.4) is 0 Å². The topological polar surface area (TPSA) is 637 Å². The normalized spacial score (nSPS) is 31.3. The molecule has 10 aliphatic rings. The number of aromatic hydroxyl groups is 4. The first-order valence-electron chi connectivity index (χ1n) is 44.2. The predicted octanol–water partition coefficient (Wildman–Crippen LogP) is 3.68. The Morgan fingerprint density at radius 3 is 1.46 bits per heavy atom. The van der Waals surface area contributed by atoms with Crippen LogP contribution in [0, 0.1) is 16.7 Å². The summed E-state index contributed by atoms with van der Waals surface area (Å²) in [6, 6.07) is 21.9. The average molecular weight is 1930 g/mol. The van der Waals surface area contributed by atoms with E-state index in [1.54, 1.807) is 97.0 Å². The highest BCUT2D eigenvalue weighted by Crippen LogP contribution is 2.65. The maximum absolute atomic E-state index is 14.9. The average Bonchev–Trinajstić information content (AvgIpc) is 0.665. The van der Waals surface area contributed by atoms with E-state index < -0.39 is 304 Å². The van der Waals surface area contributed by atoms with Gasteiger partial charge in [-0.2, -0.15) is 0 Å². The van der Waals surface area contributed by atoms with E-state index in [4.69, 9.17) is 63.6 Å². The summed E-state index contributed by atoms with van der Waals surface area (Å²) < 4.78 is 63.5. The molecule has 3 saturated heterocycles. The summed E-state index contributed by atoms with van der Waals surface area (Å²) in [5.41, 5.74) is -3.39. The number of carbonyl (C=O) groups is 11. The Hall–Kier alpha value is -11.2. The van der Waals surface area contributed by atoms with E-state index in [0.29, 0.717) is 5.56 Å². The number of aliphatic hydroxyl groups excluding tert-OH is 7. The zero-order valence-corrected chi connectivity index (χ0v) is 77.5. The van der Waals surface area contributed by atoms with Gasteiger partial charge in [-0.05, 0) is 89.4 Å². The number of phenols is 4. The molecule has 16 rings (SSSR count). The Balaban J connectivity index is 0.000000178. The Bertz CT molecular complexity index is 5630. The fourth-order valence-corrected chi connectivity index (χ4v) is 21.1. The molecule has 39 nitrogen and oxygen atoms in total. The van der Waals surface area contributed by atoms with E-state index in [-0.39, 0.29) is 111 Å². The van der Waals surface area contributed by atoms with Crippen molar-refractivity contribution in [3.63, 3.8) is 0 Å². The second kappa shape index (κ2) is 38.6. The summed E-state index contributed by atoms with van der Waals surface area (Å²) in [6.07, 6.45) is -21.7. The van der Waals surface area contributed by atoms with E-state index in [2.05, 4.69) is 5.32 Å². The fraction of sp³-hybridized carbons (Fsp3) is 0.495. The van der Waals surface area contributed by atoms with E-state index in [1.165, 1.54) is 76.6 Å². The lowest BCUT2D eigenvalue weighted by Gasteiger charge is -2.67. The first kappa shape index (κ1) is 103. The molecular formula is C97H112ClN3O36. The van der Waals surface area contributed by atoms with Crippen molar-refractivity contribution in [3.8, 4) is 34.5 Å². The predicted molar refractivity (Wildman–Crippen MR) is 474 cm³/mol. The van der Waals surface area contributed by atoms with Gasteiger partial charge in [0, 0.05) is 109 Å². The zero-order valence-electron chi connectivity index (χ0n) is 76.7. The largest absolute Gasteiger partial charge is 0.507 e. The van der Waals surface area contributed by atoms with Crippen LogP contribution >= 0.6 is 12.4 Å². The number of carbonyl (C=O) groups excluding carboxylic acids is 11. The maximum Gasteiger partial charge on any atom is 0.408 e. The number of ketones is 7. The third kappa shape index (κ3) is 17.9. The number of rotatable bonds is 18. The molecule has 6 aromatic rings. The number of ether oxygens (including phenoxy) is 11. The number of alkyl carbamates (subject to hydrolysis) is 1. The van der Waals surface area contributed by atoms with Gasteiger partial charge in [0.25, 0.3) is 0 Å². The molecule has 0 aromatic heterocycles. The molecule has 738 valence electrons. The number of amides is 1. The lowest BCUT2D eigenvalue weighted by molar-refractivity contribution is -0.346. The van der Waals surface area contributed by atoms with Crippen LogP contribution in [-0.2, 0) is 79.4 Å². The van der Waals surface area contributed by atoms with Crippen LogP contribution in [-0.4, -0.2) is 284 Å². The van der Waals surface area contributed by atoms with Crippen molar-refractivity contribution in [2.75, 3.05) is 34.0 Å². The smallest absolute Gasteiger partial charge is 0.408 e. The SMILES string of the molecule is CC(=O)O[C@@]12CO[C@@H]1C[C@H](O)[C@@]1(C)C(=O)[C@H](O)C3=C(C)[C@@H](OC(=O)[C@H](O)[C@@H](NC(=O)OC(C)(C)C)c4ccccc4)C[C@@](O)([C@@H](OC(=O)c4ccccc4)[C@H]21)C3(C)C.COc1cccc2c1C(=O)c1c(O)c3c(c(O)c1C2=O)C[C@@](O)(C(=O)CO)C[C@@H]3OC1CC(N)C(O)C(C)O1.COc1cccc2c1C(=O)c1c(O)c3c(c(O)c1C2=O)C[C@@](O)(C(=O)CO)C[C@@H]3O[C@H]1C[C@H](N)[C@H](O)[C@H](C)O1.Cl. The minimum Gasteiger partial charge on any atom is -0.507 e. The molecule has 5 fully saturated rings. The summed E-state index contributed by atoms with van der Waals surface area (Å²) in [5, 5.41) is 159. The van der Waals surface area contributed by atoms with E-state index in [0.717, 1.165) is 6.92 Å². The van der Waals surface area contributed by atoms with Gasteiger partial charge in [0.05, 0.1) is 120 Å². The van der Waals surface area contributed by atoms with Gasteiger partial charge in [-0.25, -0.2) is 14.4 Å². The van der Waals surface area contributed by atoms with Crippen LogP contribution in [0.4, 0.5) is 4.79 Å². The van der Waals surface area contributed by atoms with Gasteiger partial charge in [0.15, 0.2) is 53.2 Å². The van der Waals surface area contributed by atoms with Crippen molar-refractivity contribution in [2.45, 2.75) is 253 Å². The monoisotopic (exact) mass is 1930 g/mol. The second-order valence-corrected chi connectivity index (χ2v) is 37.9. The van der Waals surface area contributed by atoms with Crippen LogP contribution in [0.5, 0.6) is 34.5 Å². The molecule has 137 heavy (non-hydrogen) atoms. The van der Waals surface area contributed by atoms with Crippen LogP contribution in [0.15, 0.2) is 108 Å². The van der Waals surface area contributed by atoms with Crippen LogP contribution in [0.25, 0.3) is 0 Å².